The van der Waals surface area contributed by atoms with E-state index in [0.29, 0.717) is 25.6 Å². The molecule has 1 fully saturated rings. The summed E-state index contributed by atoms with van der Waals surface area (Å²) >= 11 is 0. The number of piperazine rings is 1. The molecular formula is C19H25N3O5. The largest absolute Gasteiger partial charge is 0.478 e. The van der Waals surface area contributed by atoms with Crippen molar-refractivity contribution >= 4 is 18.0 Å². The average Bonchev–Trinajstić information content (AvgIpc) is 2.62. The fourth-order valence-electron chi connectivity index (χ4n) is 2.97. The number of hydrogen-bond acceptors (Lipinski definition) is 4. The van der Waals surface area contributed by atoms with Crippen molar-refractivity contribution in [2.24, 2.45) is 0 Å². The van der Waals surface area contributed by atoms with Crippen LogP contribution in [-0.4, -0.2) is 77.3 Å². The Kier molecular flexibility index (Phi) is 7.36. The van der Waals surface area contributed by atoms with Crippen molar-refractivity contribution in [1.29, 1.82) is 0 Å². The number of hydrogen-bond donors (Lipinski definition) is 3. The molecule has 27 heavy (non-hydrogen) atoms. The van der Waals surface area contributed by atoms with Crippen molar-refractivity contribution in [3.8, 4) is 0 Å². The number of nitrogens with zero attached hydrogens (tertiary/aromatic N) is 2. The molecule has 146 valence electrons. The van der Waals surface area contributed by atoms with Gasteiger partial charge in [0, 0.05) is 50.3 Å². The Morgan fingerprint density at radius 2 is 1.74 bits per heavy atom. The normalized spacial score (nSPS) is 16.6. The van der Waals surface area contributed by atoms with E-state index >= 15 is 0 Å². The second-order valence-corrected chi connectivity index (χ2v) is 6.64. The zero-order valence-electron chi connectivity index (χ0n) is 15.3. The first-order valence-electron chi connectivity index (χ1n) is 8.80. The maximum atomic E-state index is 12.6. The van der Waals surface area contributed by atoms with E-state index in [4.69, 9.17) is 5.11 Å². The molecule has 0 saturated carbocycles. The third kappa shape index (κ3) is 6.74. The summed E-state index contributed by atoms with van der Waals surface area (Å²) in [5, 5.41) is 21.1. The van der Waals surface area contributed by atoms with E-state index in [-0.39, 0.29) is 18.0 Å². The van der Waals surface area contributed by atoms with Gasteiger partial charge in [0.2, 0.25) is 0 Å². The predicted molar refractivity (Wildman–Crippen MR) is 99.5 cm³/mol. The highest BCUT2D eigenvalue weighted by Gasteiger charge is 2.24. The first-order chi connectivity index (χ1) is 12.8. The number of amides is 2. The molecule has 1 heterocycles. The molecule has 1 aromatic rings. The Hall–Kier alpha value is -2.87. The van der Waals surface area contributed by atoms with Gasteiger partial charge in [-0.3, -0.25) is 0 Å². The molecule has 8 heteroatoms. The Balaban J connectivity index is 2.12. The van der Waals surface area contributed by atoms with Crippen molar-refractivity contribution in [1.82, 2.24) is 15.1 Å². The van der Waals surface area contributed by atoms with Gasteiger partial charge in [-0.25, -0.2) is 14.4 Å². The molecule has 0 spiro atoms. The van der Waals surface area contributed by atoms with Crippen LogP contribution in [-0.2, 0) is 16.0 Å². The fourth-order valence-corrected chi connectivity index (χ4v) is 2.97. The van der Waals surface area contributed by atoms with Crippen LogP contribution in [0.25, 0.3) is 0 Å². The standard InChI is InChI=1S/C19H25N3O5/c1-21-7-9-22(10-8-21)19(27)20-16(11-14-5-3-2-4-6-14)12-15(18(25)26)13-17(23)24/h2-6,13,16H,7-12H2,1H3,(H,20,27)(H,23,24)(H,25,26)/b15-13+/t16-/m0/s1. The van der Waals surface area contributed by atoms with Gasteiger partial charge in [0.15, 0.2) is 0 Å². The highest BCUT2D eigenvalue weighted by molar-refractivity contribution is 5.94. The van der Waals surface area contributed by atoms with Crippen LogP contribution in [0.5, 0.6) is 0 Å². The zero-order valence-corrected chi connectivity index (χ0v) is 15.3. The zero-order chi connectivity index (χ0) is 19.8. The third-order valence-corrected chi connectivity index (χ3v) is 4.48. The number of carboxylic acids is 2. The summed E-state index contributed by atoms with van der Waals surface area (Å²) in [7, 11) is 1.99. The van der Waals surface area contributed by atoms with E-state index in [1.165, 1.54) is 0 Å². The van der Waals surface area contributed by atoms with Gasteiger partial charge >= 0.3 is 18.0 Å². The number of carbonyl (C=O) groups excluding carboxylic acids is 1. The molecular weight excluding hydrogens is 350 g/mol. The molecule has 8 nitrogen and oxygen atoms in total. The van der Waals surface area contributed by atoms with Crippen LogP contribution in [0.15, 0.2) is 42.0 Å². The van der Waals surface area contributed by atoms with E-state index in [2.05, 4.69) is 10.2 Å². The van der Waals surface area contributed by atoms with E-state index in [9.17, 15) is 19.5 Å². The number of rotatable bonds is 7. The minimum Gasteiger partial charge on any atom is -0.478 e. The summed E-state index contributed by atoms with van der Waals surface area (Å²) in [6.07, 6.45) is 1.02. The quantitative estimate of drug-likeness (QED) is 0.614. The lowest BCUT2D eigenvalue weighted by atomic mass is 9.98. The SMILES string of the molecule is CN1CCN(C(=O)N[C@H](C/C(=C\C(=O)O)C(=O)O)Cc2ccccc2)CC1. The molecule has 0 aliphatic carbocycles. The van der Waals surface area contributed by atoms with E-state index in [0.717, 1.165) is 18.7 Å². The average molecular weight is 375 g/mol. The van der Waals surface area contributed by atoms with Gasteiger partial charge in [0.25, 0.3) is 0 Å². The van der Waals surface area contributed by atoms with Gasteiger partial charge < -0.3 is 25.3 Å². The lowest BCUT2D eigenvalue weighted by Gasteiger charge is -2.33. The summed E-state index contributed by atoms with van der Waals surface area (Å²) in [5.41, 5.74) is 0.684. The Labute approximate surface area is 158 Å². The number of carbonyl (C=O) groups is 3. The molecule has 2 amide bonds. The topological polar surface area (TPSA) is 110 Å². The highest BCUT2D eigenvalue weighted by Crippen LogP contribution is 2.13. The lowest BCUT2D eigenvalue weighted by molar-refractivity contribution is -0.135. The van der Waals surface area contributed by atoms with Crippen LogP contribution in [0.2, 0.25) is 0 Å². The molecule has 0 aromatic heterocycles. The number of nitrogens with one attached hydrogen (secondary N) is 1. The highest BCUT2D eigenvalue weighted by atomic mass is 16.4. The van der Waals surface area contributed by atoms with Gasteiger partial charge in [0.05, 0.1) is 0 Å². The van der Waals surface area contributed by atoms with E-state index < -0.39 is 18.0 Å². The number of benzene rings is 1. The second kappa shape index (κ2) is 9.72. The smallest absolute Gasteiger partial charge is 0.331 e. The van der Waals surface area contributed by atoms with Crippen LogP contribution in [0.3, 0.4) is 0 Å². The molecule has 2 rings (SSSR count). The minimum atomic E-state index is -1.32. The predicted octanol–water partition coefficient (Wildman–Crippen LogP) is 1.04. The van der Waals surface area contributed by atoms with Gasteiger partial charge in [-0.15, -0.1) is 0 Å². The maximum absolute atomic E-state index is 12.6. The van der Waals surface area contributed by atoms with Crippen molar-refractivity contribution < 1.29 is 24.6 Å². The van der Waals surface area contributed by atoms with Crippen LogP contribution >= 0.6 is 0 Å². The Morgan fingerprint density at radius 1 is 1.11 bits per heavy atom. The van der Waals surface area contributed by atoms with Gasteiger partial charge in [-0.2, -0.15) is 0 Å². The summed E-state index contributed by atoms with van der Waals surface area (Å²) in [6.45, 7) is 2.74. The lowest BCUT2D eigenvalue weighted by Crippen LogP contribution is -2.53. The summed E-state index contributed by atoms with van der Waals surface area (Å²) < 4.78 is 0. The summed E-state index contributed by atoms with van der Waals surface area (Å²) in [6, 6.07) is 8.58. The summed E-state index contributed by atoms with van der Waals surface area (Å²) in [5.74, 6) is -2.62. The van der Waals surface area contributed by atoms with Gasteiger partial charge in [0.1, 0.15) is 0 Å². The molecule has 1 aliphatic heterocycles. The molecule has 0 bridgehead atoms. The first kappa shape index (κ1) is 20.4. The van der Waals surface area contributed by atoms with Crippen molar-refractivity contribution in [3.05, 3.63) is 47.5 Å². The monoisotopic (exact) mass is 375 g/mol. The number of likely N-dealkylation sites (N-methyl/N-ethyl adjacent to an activating group) is 1. The molecule has 3 N–H and O–H groups in total. The molecule has 1 atom stereocenters. The summed E-state index contributed by atoms with van der Waals surface area (Å²) in [4.78, 5) is 38.7. The van der Waals surface area contributed by atoms with Crippen LogP contribution < -0.4 is 5.32 Å². The Morgan fingerprint density at radius 3 is 2.30 bits per heavy atom. The van der Waals surface area contributed by atoms with Crippen LogP contribution in [0.4, 0.5) is 4.79 Å². The molecule has 0 radical (unpaired) electrons. The first-order valence-corrected chi connectivity index (χ1v) is 8.80. The van der Waals surface area contributed by atoms with Crippen LogP contribution in [0, 0.1) is 0 Å². The van der Waals surface area contributed by atoms with E-state index in [1.807, 2.05) is 37.4 Å². The number of urea groups is 1. The number of carboxylic acid groups (broad SMARTS) is 2. The van der Waals surface area contributed by atoms with E-state index in [1.54, 1.807) is 4.90 Å². The van der Waals surface area contributed by atoms with Crippen molar-refractivity contribution in [2.45, 2.75) is 18.9 Å². The van der Waals surface area contributed by atoms with Gasteiger partial charge in [-0.05, 0) is 19.0 Å². The minimum absolute atomic E-state index is 0.0734. The van der Waals surface area contributed by atoms with Crippen molar-refractivity contribution in [2.75, 3.05) is 33.2 Å². The fraction of sp³-hybridized carbons (Fsp3) is 0.421. The third-order valence-electron chi connectivity index (χ3n) is 4.48. The van der Waals surface area contributed by atoms with Gasteiger partial charge in [-0.1, -0.05) is 30.3 Å². The van der Waals surface area contributed by atoms with Crippen molar-refractivity contribution in [3.63, 3.8) is 0 Å². The molecule has 0 unspecified atom stereocenters. The molecule has 1 aromatic carbocycles. The maximum Gasteiger partial charge on any atom is 0.331 e. The second-order valence-electron chi connectivity index (χ2n) is 6.64. The Bertz CT molecular complexity index is 697. The molecule has 1 aliphatic rings. The molecule has 1 saturated heterocycles. The van der Waals surface area contributed by atoms with Crippen LogP contribution in [0.1, 0.15) is 12.0 Å². The number of aliphatic carboxylic acids is 2.